The molecule has 2 aliphatic rings. The zero-order valence-electron chi connectivity index (χ0n) is 20.2. The van der Waals surface area contributed by atoms with Crippen molar-refractivity contribution in [2.45, 2.75) is 28.3 Å². The zero-order chi connectivity index (χ0) is 22.7. The molecule has 36 heavy (non-hydrogen) atoms. The Bertz CT molecular complexity index is 1200. The molecule has 4 aromatic rings. The van der Waals surface area contributed by atoms with Crippen LogP contribution in [0.1, 0.15) is 34.3 Å². The SMILES string of the molecule is Cl.Cl.c1ccc(C(c2ccccc2)N2CCN(C3Cc4ccccc4Sc4ccccc43)CC2)cc1. The van der Waals surface area contributed by atoms with Crippen molar-refractivity contribution < 1.29 is 0 Å². The summed E-state index contributed by atoms with van der Waals surface area (Å²) in [5.74, 6) is 0. The van der Waals surface area contributed by atoms with Gasteiger partial charge in [0, 0.05) is 42.0 Å². The predicted octanol–water partition coefficient (Wildman–Crippen LogP) is 7.69. The third kappa shape index (κ3) is 5.51. The van der Waals surface area contributed by atoms with Crippen LogP contribution in [0, 0.1) is 0 Å². The summed E-state index contributed by atoms with van der Waals surface area (Å²) in [5.41, 5.74) is 5.72. The quantitative estimate of drug-likeness (QED) is 0.265. The maximum absolute atomic E-state index is 2.73. The van der Waals surface area contributed by atoms with Crippen LogP contribution in [-0.4, -0.2) is 36.0 Å². The van der Waals surface area contributed by atoms with E-state index in [0.717, 1.165) is 32.6 Å². The number of rotatable bonds is 4. The lowest BCUT2D eigenvalue weighted by Gasteiger charge is -2.43. The third-order valence-electron chi connectivity index (χ3n) is 7.27. The molecule has 4 aromatic carbocycles. The molecule has 0 amide bonds. The minimum absolute atomic E-state index is 0. The van der Waals surface area contributed by atoms with Gasteiger partial charge < -0.3 is 0 Å². The van der Waals surface area contributed by atoms with Gasteiger partial charge in [-0.1, -0.05) is 109 Å². The highest BCUT2D eigenvalue weighted by molar-refractivity contribution is 7.99. The maximum atomic E-state index is 2.73. The van der Waals surface area contributed by atoms with E-state index in [1.54, 1.807) is 0 Å². The number of hydrogen-bond donors (Lipinski definition) is 0. The predicted molar refractivity (Wildman–Crippen MR) is 156 cm³/mol. The van der Waals surface area contributed by atoms with Gasteiger partial charge in [0.1, 0.15) is 0 Å². The molecule has 0 bridgehead atoms. The summed E-state index contributed by atoms with van der Waals surface area (Å²) in [4.78, 5) is 8.22. The average Bonchev–Trinajstić information content (AvgIpc) is 3.07. The molecule has 0 saturated carbocycles. The lowest BCUT2D eigenvalue weighted by molar-refractivity contribution is 0.0773. The van der Waals surface area contributed by atoms with Crippen molar-refractivity contribution in [1.29, 1.82) is 0 Å². The van der Waals surface area contributed by atoms with Crippen LogP contribution in [0.15, 0.2) is 119 Å². The van der Waals surface area contributed by atoms with Crippen LogP contribution in [-0.2, 0) is 6.42 Å². The lowest BCUT2D eigenvalue weighted by Crippen LogP contribution is -2.49. The summed E-state index contributed by atoms with van der Waals surface area (Å²) < 4.78 is 0. The standard InChI is InChI=1S/C31H30N2S.2ClH/c1-3-11-24(12-4-1)31(25-13-5-2-6-14-25)33-21-19-32(20-22-33)28-23-26-15-7-9-17-29(26)34-30-18-10-8-16-27(28)30;;/h1-18,28,31H,19-23H2;2*1H. The van der Waals surface area contributed by atoms with E-state index in [-0.39, 0.29) is 24.8 Å². The van der Waals surface area contributed by atoms with Crippen molar-refractivity contribution >= 4 is 36.6 Å². The molecule has 1 atom stereocenters. The summed E-state index contributed by atoms with van der Waals surface area (Å²) in [6.45, 7) is 4.31. The summed E-state index contributed by atoms with van der Waals surface area (Å²) in [7, 11) is 0. The highest BCUT2D eigenvalue weighted by Crippen LogP contribution is 2.43. The maximum Gasteiger partial charge on any atom is 0.0602 e. The smallest absolute Gasteiger partial charge is 0.0602 e. The molecule has 1 fully saturated rings. The van der Waals surface area contributed by atoms with Gasteiger partial charge in [-0.2, -0.15) is 0 Å². The second-order valence-electron chi connectivity index (χ2n) is 9.26. The molecule has 2 aliphatic heterocycles. The molecule has 0 spiro atoms. The van der Waals surface area contributed by atoms with Gasteiger partial charge in [0.15, 0.2) is 0 Å². The van der Waals surface area contributed by atoms with E-state index in [9.17, 15) is 0 Å². The van der Waals surface area contributed by atoms with Crippen molar-refractivity contribution in [2.75, 3.05) is 26.2 Å². The van der Waals surface area contributed by atoms with E-state index in [0.29, 0.717) is 12.1 Å². The van der Waals surface area contributed by atoms with Crippen LogP contribution in [0.4, 0.5) is 0 Å². The van der Waals surface area contributed by atoms with E-state index in [1.165, 1.54) is 32.0 Å². The first-order chi connectivity index (χ1) is 16.9. The van der Waals surface area contributed by atoms with Gasteiger partial charge in [-0.3, -0.25) is 9.80 Å². The van der Waals surface area contributed by atoms with Gasteiger partial charge in [-0.15, -0.1) is 24.8 Å². The number of piperazine rings is 1. The number of fused-ring (bicyclic) bond motifs is 2. The molecule has 0 N–H and O–H groups in total. The van der Waals surface area contributed by atoms with E-state index < -0.39 is 0 Å². The van der Waals surface area contributed by atoms with Crippen LogP contribution in [0.3, 0.4) is 0 Å². The van der Waals surface area contributed by atoms with Crippen molar-refractivity contribution in [1.82, 2.24) is 9.80 Å². The van der Waals surface area contributed by atoms with Gasteiger partial charge in [-0.05, 0) is 40.8 Å². The Morgan fingerprint density at radius 1 is 0.583 bits per heavy atom. The van der Waals surface area contributed by atoms with E-state index in [1.807, 2.05) is 11.8 Å². The summed E-state index contributed by atoms with van der Waals surface area (Å²) in [5, 5.41) is 0. The van der Waals surface area contributed by atoms with Crippen LogP contribution < -0.4 is 0 Å². The van der Waals surface area contributed by atoms with E-state index in [4.69, 9.17) is 0 Å². The van der Waals surface area contributed by atoms with Crippen LogP contribution in [0.2, 0.25) is 0 Å². The molecule has 2 heterocycles. The van der Waals surface area contributed by atoms with Crippen molar-refractivity contribution in [2.24, 2.45) is 0 Å². The van der Waals surface area contributed by atoms with Gasteiger partial charge >= 0.3 is 0 Å². The van der Waals surface area contributed by atoms with Crippen molar-refractivity contribution in [3.63, 3.8) is 0 Å². The molecule has 1 unspecified atom stereocenters. The largest absolute Gasteiger partial charge is 0.293 e. The van der Waals surface area contributed by atoms with Crippen LogP contribution >= 0.6 is 36.6 Å². The molecule has 186 valence electrons. The molecule has 6 rings (SSSR count). The fraction of sp³-hybridized carbons (Fsp3) is 0.226. The molecule has 5 heteroatoms. The topological polar surface area (TPSA) is 6.48 Å². The van der Waals surface area contributed by atoms with Gasteiger partial charge in [-0.25, -0.2) is 0 Å². The number of nitrogens with zero attached hydrogens (tertiary/aromatic N) is 2. The molecular formula is C31H32Cl2N2S. The summed E-state index contributed by atoms with van der Waals surface area (Å²) in [6, 6.07) is 40.7. The highest BCUT2D eigenvalue weighted by Gasteiger charge is 2.32. The second kappa shape index (κ2) is 12.3. The lowest BCUT2D eigenvalue weighted by atomic mass is 9.94. The minimum Gasteiger partial charge on any atom is -0.293 e. The molecule has 1 saturated heterocycles. The number of benzene rings is 4. The molecule has 0 aromatic heterocycles. The summed E-state index contributed by atoms with van der Waals surface area (Å²) in [6.07, 6.45) is 1.08. The summed E-state index contributed by atoms with van der Waals surface area (Å²) >= 11 is 1.93. The Labute approximate surface area is 231 Å². The van der Waals surface area contributed by atoms with Crippen LogP contribution in [0.5, 0.6) is 0 Å². The van der Waals surface area contributed by atoms with Gasteiger partial charge in [0.25, 0.3) is 0 Å². The zero-order valence-corrected chi connectivity index (χ0v) is 22.7. The van der Waals surface area contributed by atoms with Gasteiger partial charge in [0.2, 0.25) is 0 Å². The third-order valence-corrected chi connectivity index (χ3v) is 8.48. The molecule has 0 aliphatic carbocycles. The fourth-order valence-electron chi connectivity index (χ4n) is 5.58. The Morgan fingerprint density at radius 3 is 1.75 bits per heavy atom. The first kappa shape index (κ1) is 26.8. The van der Waals surface area contributed by atoms with Crippen molar-refractivity contribution in [3.05, 3.63) is 131 Å². The Kier molecular flexibility index (Phi) is 9.16. The molecule has 0 radical (unpaired) electrons. The molecule has 2 nitrogen and oxygen atoms in total. The van der Waals surface area contributed by atoms with E-state index >= 15 is 0 Å². The first-order valence-electron chi connectivity index (χ1n) is 12.3. The Hall–Kier alpha value is -2.27. The first-order valence-corrected chi connectivity index (χ1v) is 13.1. The Morgan fingerprint density at radius 2 is 1.11 bits per heavy atom. The molecular weight excluding hydrogens is 503 g/mol. The van der Waals surface area contributed by atoms with Crippen LogP contribution in [0.25, 0.3) is 0 Å². The monoisotopic (exact) mass is 534 g/mol. The average molecular weight is 536 g/mol. The van der Waals surface area contributed by atoms with Crippen molar-refractivity contribution in [3.8, 4) is 0 Å². The normalized spacial score (nSPS) is 17.8. The minimum atomic E-state index is 0. The number of halogens is 2. The fourth-order valence-corrected chi connectivity index (χ4v) is 6.71. The highest BCUT2D eigenvalue weighted by atomic mass is 35.5. The van der Waals surface area contributed by atoms with E-state index in [2.05, 4.69) is 119 Å². The van der Waals surface area contributed by atoms with Gasteiger partial charge in [0.05, 0.1) is 6.04 Å². The second-order valence-corrected chi connectivity index (χ2v) is 10.3. The number of hydrogen-bond acceptors (Lipinski definition) is 3. The Balaban J connectivity index is 0.00000152.